The van der Waals surface area contributed by atoms with E-state index in [-0.39, 0.29) is 11.7 Å². The van der Waals surface area contributed by atoms with Crippen LogP contribution >= 0.6 is 0 Å². The maximum atomic E-state index is 13.4. The van der Waals surface area contributed by atoms with E-state index in [9.17, 15) is 9.18 Å². The highest BCUT2D eigenvalue weighted by Crippen LogP contribution is 2.33. The molecule has 9 heteroatoms. The van der Waals surface area contributed by atoms with E-state index in [0.29, 0.717) is 17.5 Å². The number of rotatable bonds is 4. The molecule has 2 atom stereocenters. The van der Waals surface area contributed by atoms with E-state index < -0.39 is 5.82 Å². The fourth-order valence-corrected chi connectivity index (χ4v) is 4.48. The van der Waals surface area contributed by atoms with Crippen LogP contribution in [-0.2, 0) is 26.6 Å². The van der Waals surface area contributed by atoms with E-state index in [1.807, 2.05) is 28.7 Å². The van der Waals surface area contributed by atoms with Crippen LogP contribution in [0.2, 0.25) is 0 Å². The summed E-state index contributed by atoms with van der Waals surface area (Å²) in [6, 6.07) is 5.84. The van der Waals surface area contributed by atoms with Gasteiger partial charge in [-0.2, -0.15) is 5.10 Å². The Labute approximate surface area is 167 Å². The van der Waals surface area contributed by atoms with Gasteiger partial charge in [0, 0.05) is 57.1 Å². The molecular formula is C20H22FN7O. The van der Waals surface area contributed by atoms with Crippen molar-refractivity contribution >= 4 is 11.6 Å². The third-order valence-electron chi connectivity index (χ3n) is 5.79. The Bertz CT molecular complexity index is 1060. The average molecular weight is 395 g/mol. The fourth-order valence-electron chi connectivity index (χ4n) is 4.48. The molecule has 0 saturated carbocycles. The summed E-state index contributed by atoms with van der Waals surface area (Å²) < 4.78 is 17.1. The smallest absolute Gasteiger partial charge is 0.293 e. The maximum absolute atomic E-state index is 13.4. The van der Waals surface area contributed by atoms with Gasteiger partial charge < -0.3 is 9.88 Å². The summed E-state index contributed by atoms with van der Waals surface area (Å²) in [5.74, 6) is 1.34. The number of hydrogen-bond donors (Lipinski definition) is 1. The largest absolute Gasteiger partial charge is 0.319 e. The molecule has 2 aliphatic heterocycles. The Balaban J connectivity index is 1.28. The number of halogens is 1. The zero-order valence-corrected chi connectivity index (χ0v) is 16.1. The van der Waals surface area contributed by atoms with Crippen molar-refractivity contribution in [1.29, 1.82) is 0 Å². The zero-order valence-electron chi connectivity index (χ0n) is 16.1. The number of amides is 1. The minimum atomic E-state index is -0.395. The number of hydrogen-bond acceptors (Lipinski definition) is 5. The molecule has 1 fully saturated rings. The van der Waals surface area contributed by atoms with Gasteiger partial charge in [-0.25, -0.2) is 4.39 Å². The molecule has 0 spiro atoms. The van der Waals surface area contributed by atoms with E-state index in [4.69, 9.17) is 0 Å². The van der Waals surface area contributed by atoms with Crippen molar-refractivity contribution in [1.82, 2.24) is 29.4 Å². The fraction of sp³-hybridized carbons (Fsp3) is 0.400. The highest BCUT2D eigenvalue weighted by Gasteiger charge is 2.39. The van der Waals surface area contributed by atoms with Gasteiger partial charge in [-0.3, -0.25) is 14.4 Å². The first-order valence-corrected chi connectivity index (χ1v) is 9.74. The van der Waals surface area contributed by atoms with Gasteiger partial charge in [-0.1, -0.05) is 6.07 Å². The Hall–Kier alpha value is -3.07. The summed E-state index contributed by atoms with van der Waals surface area (Å²) in [4.78, 5) is 15.1. The van der Waals surface area contributed by atoms with Gasteiger partial charge in [0.05, 0.1) is 6.20 Å². The van der Waals surface area contributed by atoms with Crippen LogP contribution in [0.5, 0.6) is 0 Å². The monoisotopic (exact) mass is 395 g/mol. The van der Waals surface area contributed by atoms with Crippen LogP contribution in [0.25, 0.3) is 0 Å². The van der Waals surface area contributed by atoms with Crippen LogP contribution in [0.4, 0.5) is 10.1 Å². The van der Waals surface area contributed by atoms with Crippen LogP contribution in [0.15, 0.2) is 36.7 Å². The summed E-state index contributed by atoms with van der Waals surface area (Å²) in [6.45, 7) is 3.59. The van der Waals surface area contributed by atoms with E-state index in [2.05, 4.69) is 25.5 Å². The second kappa shape index (κ2) is 7.07. The minimum absolute atomic E-state index is 0.286. The molecule has 1 saturated heterocycles. The molecule has 1 N–H and O–H groups in total. The van der Waals surface area contributed by atoms with E-state index in [1.54, 1.807) is 12.1 Å². The van der Waals surface area contributed by atoms with E-state index in [1.165, 1.54) is 17.7 Å². The average Bonchev–Trinajstić information content (AvgIpc) is 3.37. The van der Waals surface area contributed by atoms with Gasteiger partial charge in [-0.05, 0) is 30.0 Å². The Morgan fingerprint density at radius 1 is 1.24 bits per heavy atom. The number of carbonyl (C=O) groups is 1. The first-order valence-electron chi connectivity index (χ1n) is 9.74. The standard InChI is InChI=1S/C20H22FN7O/c1-26-8-13(7-22-26)9-27-10-14-5-18-24-25-19(28(18)12-15(14)11-27)20(29)23-17-4-2-3-16(21)6-17/h2-4,6-8,14-15H,5,9-12H2,1H3,(H,23,29). The van der Waals surface area contributed by atoms with Gasteiger partial charge in [0.15, 0.2) is 0 Å². The molecule has 1 aromatic carbocycles. The Morgan fingerprint density at radius 2 is 2.10 bits per heavy atom. The first kappa shape index (κ1) is 18.0. The van der Waals surface area contributed by atoms with Crippen molar-refractivity contribution in [2.24, 2.45) is 18.9 Å². The lowest BCUT2D eigenvalue weighted by Crippen LogP contribution is -2.31. The topological polar surface area (TPSA) is 80.9 Å². The number of nitrogens with one attached hydrogen (secondary N) is 1. The third kappa shape index (κ3) is 3.53. The quantitative estimate of drug-likeness (QED) is 0.727. The Morgan fingerprint density at radius 3 is 2.90 bits per heavy atom. The number of fused-ring (bicyclic) bond motifs is 2. The molecule has 5 rings (SSSR count). The zero-order chi connectivity index (χ0) is 20.0. The van der Waals surface area contributed by atoms with Crippen LogP contribution < -0.4 is 5.32 Å². The molecule has 2 aliphatic rings. The van der Waals surface area contributed by atoms with Crippen molar-refractivity contribution in [3.63, 3.8) is 0 Å². The number of aryl methyl sites for hydroxylation is 1. The molecule has 0 bridgehead atoms. The van der Waals surface area contributed by atoms with Gasteiger partial charge in [0.25, 0.3) is 5.91 Å². The number of aromatic nitrogens is 5. The Kier molecular flexibility index (Phi) is 4.39. The van der Waals surface area contributed by atoms with Gasteiger partial charge in [0.2, 0.25) is 5.82 Å². The predicted molar refractivity (Wildman–Crippen MR) is 104 cm³/mol. The number of benzene rings is 1. The van der Waals surface area contributed by atoms with Gasteiger partial charge in [0.1, 0.15) is 11.6 Å². The number of nitrogens with zero attached hydrogens (tertiary/aromatic N) is 6. The van der Waals surface area contributed by atoms with E-state index >= 15 is 0 Å². The highest BCUT2D eigenvalue weighted by atomic mass is 19.1. The van der Waals surface area contributed by atoms with Crippen molar-refractivity contribution < 1.29 is 9.18 Å². The van der Waals surface area contributed by atoms with Crippen molar-refractivity contribution in [3.05, 3.63) is 59.7 Å². The van der Waals surface area contributed by atoms with Crippen molar-refractivity contribution in [3.8, 4) is 0 Å². The molecule has 1 amide bonds. The summed E-state index contributed by atoms with van der Waals surface area (Å²) in [5.41, 5.74) is 1.62. The molecule has 8 nitrogen and oxygen atoms in total. The molecule has 2 aromatic heterocycles. The first-order chi connectivity index (χ1) is 14.0. The summed E-state index contributed by atoms with van der Waals surface area (Å²) >= 11 is 0. The predicted octanol–water partition coefficient (Wildman–Crippen LogP) is 1.71. The minimum Gasteiger partial charge on any atom is -0.319 e. The summed E-state index contributed by atoms with van der Waals surface area (Å²) in [7, 11) is 1.93. The summed E-state index contributed by atoms with van der Waals surface area (Å²) in [5, 5.41) is 15.3. The molecule has 4 heterocycles. The molecular weight excluding hydrogens is 373 g/mol. The molecule has 3 aromatic rings. The number of anilines is 1. The second-order valence-electron chi connectivity index (χ2n) is 7.96. The molecule has 2 unspecified atom stereocenters. The maximum Gasteiger partial charge on any atom is 0.293 e. The van der Waals surface area contributed by atoms with Crippen molar-refractivity contribution in [2.45, 2.75) is 19.5 Å². The highest BCUT2D eigenvalue weighted by molar-refractivity contribution is 6.01. The van der Waals surface area contributed by atoms with Crippen LogP contribution in [-0.4, -0.2) is 48.4 Å². The van der Waals surface area contributed by atoms with Crippen LogP contribution in [0.1, 0.15) is 22.0 Å². The number of likely N-dealkylation sites (tertiary alicyclic amines) is 1. The summed E-state index contributed by atoms with van der Waals surface area (Å²) in [6.07, 6.45) is 4.77. The van der Waals surface area contributed by atoms with Gasteiger partial charge in [-0.15, -0.1) is 10.2 Å². The molecule has 29 heavy (non-hydrogen) atoms. The third-order valence-corrected chi connectivity index (χ3v) is 5.79. The van der Waals surface area contributed by atoms with Gasteiger partial charge >= 0.3 is 0 Å². The van der Waals surface area contributed by atoms with Crippen LogP contribution in [0, 0.1) is 17.7 Å². The lowest BCUT2D eigenvalue weighted by atomic mass is 9.89. The van der Waals surface area contributed by atoms with E-state index in [0.717, 1.165) is 38.4 Å². The molecule has 0 radical (unpaired) electrons. The lowest BCUT2D eigenvalue weighted by molar-refractivity contribution is 0.100. The molecule has 0 aliphatic carbocycles. The number of carbonyl (C=O) groups excluding carboxylic acids is 1. The lowest BCUT2D eigenvalue weighted by Gasteiger charge is -2.25. The molecule has 150 valence electrons. The SMILES string of the molecule is Cn1cc(CN2CC3Cc4nnc(C(=O)Nc5cccc(F)c5)n4CC3C2)cn1. The second-order valence-corrected chi connectivity index (χ2v) is 7.96. The van der Waals surface area contributed by atoms with Crippen LogP contribution in [0.3, 0.4) is 0 Å². The normalized spacial score (nSPS) is 21.0. The van der Waals surface area contributed by atoms with Crippen molar-refractivity contribution in [2.75, 3.05) is 18.4 Å².